The standard InChI is InChI=1S/C12H15FN4O5S/c13-10(11(18)19)22-17-8-1-2-9(16(4-8)12(17)20)23(21)5-7-3-14-6-15-7/h3,6,8-10H,1-2,4-5H2,(H,14,15)(H,18,19)/t8-,9-,10+,23-/m1/s1. The maximum atomic E-state index is 13.2. The molecule has 3 rings (SSSR count). The average molecular weight is 346 g/mol. The molecule has 2 aliphatic rings. The minimum absolute atomic E-state index is 0.223. The molecule has 0 saturated carbocycles. The Labute approximate surface area is 132 Å². The smallest absolute Gasteiger partial charge is 0.368 e. The number of aromatic nitrogens is 2. The maximum Gasteiger partial charge on any atom is 0.368 e. The van der Waals surface area contributed by atoms with Gasteiger partial charge < -0.3 is 15.0 Å². The number of rotatable bonds is 6. The van der Waals surface area contributed by atoms with Crippen LogP contribution in [0.25, 0.3) is 0 Å². The van der Waals surface area contributed by atoms with E-state index >= 15 is 0 Å². The highest BCUT2D eigenvalue weighted by Crippen LogP contribution is 2.32. The molecule has 2 amide bonds. The monoisotopic (exact) mass is 346 g/mol. The molecule has 11 heteroatoms. The minimum Gasteiger partial charge on any atom is -0.477 e. The third-order valence-electron chi connectivity index (χ3n) is 3.82. The number of fused-ring (bicyclic) bond motifs is 2. The van der Waals surface area contributed by atoms with Gasteiger partial charge in [0, 0.05) is 18.4 Å². The Hall–Kier alpha value is -2.01. The predicted molar refractivity (Wildman–Crippen MR) is 74.8 cm³/mol. The third kappa shape index (κ3) is 3.06. The van der Waals surface area contributed by atoms with E-state index in [4.69, 9.17) is 5.11 Å². The Morgan fingerprint density at radius 3 is 3.04 bits per heavy atom. The van der Waals surface area contributed by atoms with Crippen LogP contribution >= 0.6 is 0 Å². The number of piperidine rings is 1. The van der Waals surface area contributed by atoms with Crippen LogP contribution in [-0.2, 0) is 26.2 Å². The van der Waals surface area contributed by atoms with Gasteiger partial charge in [0.2, 0.25) is 0 Å². The summed E-state index contributed by atoms with van der Waals surface area (Å²) >= 11 is 0. The summed E-state index contributed by atoms with van der Waals surface area (Å²) < 4.78 is 25.7. The summed E-state index contributed by atoms with van der Waals surface area (Å²) in [5.74, 6) is -1.57. The lowest BCUT2D eigenvalue weighted by atomic mass is 10.1. The lowest BCUT2D eigenvalue weighted by Gasteiger charge is -2.29. The van der Waals surface area contributed by atoms with Crippen molar-refractivity contribution in [3.05, 3.63) is 18.2 Å². The zero-order valence-electron chi connectivity index (χ0n) is 11.9. The van der Waals surface area contributed by atoms with Crippen LogP contribution in [0.5, 0.6) is 0 Å². The largest absolute Gasteiger partial charge is 0.477 e. The quantitative estimate of drug-likeness (QED) is 0.760. The van der Waals surface area contributed by atoms with Crippen molar-refractivity contribution in [2.24, 2.45) is 0 Å². The summed E-state index contributed by atoms with van der Waals surface area (Å²) in [5, 5.41) is 8.78. The van der Waals surface area contributed by atoms with Gasteiger partial charge in [0.1, 0.15) is 5.37 Å². The molecule has 0 unspecified atom stereocenters. The van der Waals surface area contributed by atoms with Crippen molar-refractivity contribution in [2.75, 3.05) is 6.54 Å². The molecular weight excluding hydrogens is 331 g/mol. The molecule has 0 radical (unpaired) electrons. The van der Waals surface area contributed by atoms with Crippen LogP contribution in [0.3, 0.4) is 0 Å². The van der Waals surface area contributed by atoms with E-state index in [-0.39, 0.29) is 12.3 Å². The predicted octanol–water partition coefficient (Wildman–Crippen LogP) is 0.196. The van der Waals surface area contributed by atoms with Crippen molar-refractivity contribution in [2.45, 2.75) is 36.4 Å². The SMILES string of the molecule is O=C(O)[C@@H](F)ON1C(=O)N2C[C@H]1CC[C@H]2[S@](=O)Cc1cnc[nH]1. The molecule has 3 heterocycles. The van der Waals surface area contributed by atoms with Gasteiger partial charge in [-0.25, -0.2) is 23.8 Å². The first-order valence-electron chi connectivity index (χ1n) is 6.95. The number of carboxylic acid groups (broad SMARTS) is 1. The van der Waals surface area contributed by atoms with E-state index < -0.39 is 40.6 Å². The van der Waals surface area contributed by atoms with E-state index in [2.05, 4.69) is 14.8 Å². The molecule has 126 valence electrons. The summed E-state index contributed by atoms with van der Waals surface area (Å²) in [6, 6.07) is -1.08. The number of carbonyl (C=O) groups excluding carboxylic acids is 1. The molecule has 0 aliphatic carbocycles. The van der Waals surface area contributed by atoms with Crippen LogP contribution in [0, 0.1) is 0 Å². The van der Waals surface area contributed by atoms with Gasteiger partial charge in [-0.3, -0.25) is 4.21 Å². The highest BCUT2D eigenvalue weighted by Gasteiger charge is 2.48. The molecule has 23 heavy (non-hydrogen) atoms. The van der Waals surface area contributed by atoms with E-state index in [1.807, 2.05) is 0 Å². The van der Waals surface area contributed by atoms with Gasteiger partial charge in [-0.1, -0.05) is 0 Å². The molecular formula is C12H15FN4O5S. The number of nitrogens with one attached hydrogen (secondary N) is 1. The molecule has 2 fully saturated rings. The number of alkyl halides is 1. The van der Waals surface area contributed by atoms with Crippen LogP contribution in [0.1, 0.15) is 18.5 Å². The molecule has 9 nitrogen and oxygen atoms in total. The van der Waals surface area contributed by atoms with Crippen molar-refractivity contribution < 1.29 is 28.1 Å². The van der Waals surface area contributed by atoms with Gasteiger partial charge in [-0.15, -0.1) is 0 Å². The third-order valence-corrected chi connectivity index (χ3v) is 5.52. The van der Waals surface area contributed by atoms with Crippen LogP contribution < -0.4 is 0 Å². The molecule has 0 aromatic carbocycles. The Morgan fingerprint density at radius 2 is 2.39 bits per heavy atom. The van der Waals surface area contributed by atoms with Gasteiger partial charge >= 0.3 is 18.4 Å². The molecule has 2 saturated heterocycles. The summed E-state index contributed by atoms with van der Waals surface area (Å²) in [7, 11) is -1.35. The number of imidazole rings is 1. The van der Waals surface area contributed by atoms with Crippen LogP contribution in [0.2, 0.25) is 0 Å². The maximum absolute atomic E-state index is 13.2. The van der Waals surface area contributed by atoms with Crippen LogP contribution in [0.15, 0.2) is 12.5 Å². The number of carbonyl (C=O) groups is 2. The first kappa shape index (κ1) is 15.9. The number of hydrogen-bond acceptors (Lipinski definition) is 5. The molecule has 1 aromatic heterocycles. The molecule has 2 aliphatic heterocycles. The lowest BCUT2D eigenvalue weighted by Crippen LogP contribution is -2.43. The van der Waals surface area contributed by atoms with Crippen molar-refractivity contribution in [3.63, 3.8) is 0 Å². The van der Waals surface area contributed by atoms with Gasteiger partial charge in [0.05, 0.1) is 28.9 Å². The zero-order chi connectivity index (χ0) is 16.6. The number of carboxylic acids is 1. The van der Waals surface area contributed by atoms with Crippen molar-refractivity contribution in [1.29, 1.82) is 0 Å². The number of halogens is 1. The molecule has 4 atom stereocenters. The van der Waals surface area contributed by atoms with Gasteiger partial charge in [-0.05, 0) is 12.8 Å². The van der Waals surface area contributed by atoms with E-state index in [0.29, 0.717) is 18.5 Å². The van der Waals surface area contributed by atoms with E-state index in [1.54, 1.807) is 6.20 Å². The normalized spacial score (nSPS) is 26.4. The number of H-pyrrole nitrogens is 1. The number of aliphatic carboxylic acids is 1. The lowest BCUT2D eigenvalue weighted by molar-refractivity contribution is -0.223. The molecule has 2 bridgehead atoms. The highest BCUT2D eigenvalue weighted by molar-refractivity contribution is 7.84. The summed E-state index contributed by atoms with van der Waals surface area (Å²) in [6.45, 7) is 0.241. The number of hydrogen-bond donors (Lipinski definition) is 2. The van der Waals surface area contributed by atoms with Crippen molar-refractivity contribution in [1.82, 2.24) is 19.9 Å². The van der Waals surface area contributed by atoms with Crippen molar-refractivity contribution >= 4 is 22.8 Å². The Kier molecular flexibility index (Phi) is 4.31. The second-order valence-corrected chi connectivity index (χ2v) is 6.90. The fraction of sp³-hybridized carbons (Fsp3) is 0.583. The number of hydroxylamine groups is 2. The molecule has 1 aromatic rings. The number of aromatic amines is 1. The van der Waals surface area contributed by atoms with E-state index in [9.17, 15) is 18.2 Å². The number of nitrogens with zero attached hydrogens (tertiary/aromatic N) is 3. The first-order chi connectivity index (χ1) is 11.0. The van der Waals surface area contributed by atoms with Crippen molar-refractivity contribution in [3.8, 4) is 0 Å². The topological polar surface area (TPSA) is 116 Å². The Bertz CT molecular complexity index is 627. The fourth-order valence-electron chi connectivity index (χ4n) is 2.76. The van der Waals surface area contributed by atoms with Gasteiger partial charge in [0.15, 0.2) is 0 Å². The van der Waals surface area contributed by atoms with Crippen LogP contribution in [0.4, 0.5) is 9.18 Å². The first-order valence-corrected chi connectivity index (χ1v) is 8.33. The fourth-order valence-corrected chi connectivity index (χ4v) is 4.28. The van der Waals surface area contributed by atoms with Gasteiger partial charge in [0.25, 0.3) is 0 Å². The van der Waals surface area contributed by atoms with E-state index in [1.165, 1.54) is 11.2 Å². The summed E-state index contributed by atoms with van der Waals surface area (Å²) in [5.41, 5.74) is 0.694. The average Bonchev–Trinajstić information content (AvgIpc) is 3.10. The second kappa shape index (κ2) is 6.24. The Balaban J connectivity index is 1.68. The zero-order valence-corrected chi connectivity index (χ0v) is 12.7. The molecule has 0 spiro atoms. The number of amides is 2. The highest BCUT2D eigenvalue weighted by atomic mass is 32.2. The Morgan fingerprint density at radius 1 is 1.61 bits per heavy atom. The number of urea groups is 1. The second-order valence-electron chi connectivity index (χ2n) is 5.31. The summed E-state index contributed by atoms with van der Waals surface area (Å²) in [6.07, 6.45) is 1.38. The minimum atomic E-state index is -2.60. The summed E-state index contributed by atoms with van der Waals surface area (Å²) in [4.78, 5) is 35.5. The molecule has 2 N–H and O–H groups in total. The van der Waals surface area contributed by atoms with Crippen LogP contribution in [-0.4, -0.2) is 65.6 Å². The van der Waals surface area contributed by atoms with E-state index in [0.717, 1.165) is 5.06 Å². The van der Waals surface area contributed by atoms with Gasteiger partial charge in [-0.2, -0.15) is 5.06 Å².